The molecule has 0 heterocycles. The van der Waals surface area contributed by atoms with Gasteiger partial charge in [0.05, 0.1) is 33.0 Å². The molecule has 0 aromatic rings. The number of esters is 1. The Morgan fingerprint density at radius 3 is 1.95 bits per heavy atom. The van der Waals surface area contributed by atoms with Crippen LogP contribution in [0.2, 0.25) is 0 Å². The number of rotatable bonds is 12. The second-order valence-electron chi connectivity index (χ2n) is 4.77. The van der Waals surface area contributed by atoms with Crippen LogP contribution in [0, 0.1) is 5.92 Å². The molecule has 0 aliphatic carbocycles. The summed E-state index contributed by atoms with van der Waals surface area (Å²) in [7, 11) is 1.61. The first kappa shape index (κ1) is 19.8. The van der Waals surface area contributed by atoms with Crippen LogP contribution >= 0.6 is 0 Å². The highest BCUT2D eigenvalue weighted by Crippen LogP contribution is 1.95. The third-order valence-corrected chi connectivity index (χ3v) is 2.51. The van der Waals surface area contributed by atoms with Crippen molar-refractivity contribution < 1.29 is 28.5 Å². The molecule has 0 aliphatic rings. The molecule has 0 fully saturated rings. The molecule has 21 heavy (non-hydrogen) atoms. The van der Waals surface area contributed by atoms with E-state index in [9.17, 15) is 9.59 Å². The highest BCUT2D eigenvalue weighted by atomic mass is 16.6. The van der Waals surface area contributed by atoms with E-state index in [4.69, 9.17) is 18.9 Å². The first-order valence-electron chi connectivity index (χ1n) is 7.10. The zero-order valence-corrected chi connectivity index (χ0v) is 13.3. The summed E-state index contributed by atoms with van der Waals surface area (Å²) in [6, 6.07) is -0.655. The summed E-state index contributed by atoms with van der Waals surface area (Å²) in [4.78, 5) is 23.0. The molecule has 0 aromatic heterocycles. The summed E-state index contributed by atoms with van der Waals surface area (Å²) >= 11 is 0. The lowest BCUT2D eigenvalue weighted by Crippen LogP contribution is -2.41. The number of amides is 1. The quantitative estimate of drug-likeness (QED) is 0.414. The molecule has 124 valence electrons. The molecule has 1 amide bonds. The van der Waals surface area contributed by atoms with E-state index in [-0.39, 0.29) is 18.4 Å². The Bertz CT molecular complexity index is 295. The fourth-order valence-electron chi connectivity index (χ4n) is 1.23. The Kier molecular flexibility index (Phi) is 11.8. The molecule has 7 heteroatoms. The summed E-state index contributed by atoms with van der Waals surface area (Å²) < 4.78 is 20.2. The fraction of sp³-hybridized carbons (Fsp3) is 0.857. The van der Waals surface area contributed by atoms with E-state index >= 15 is 0 Å². The predicted molar refractivity (Wildman–Crippen MR) is 76.9 cm³/mol. The minimum atomic E-state index is -0.655. The first-order valence-corrected chi connectivity index (χ1v) is 7.10. The van der Waals surface area contributed by atoms with Crippen LogP contribution < -0.4 is 5.32 Å². The van der Waals surface area contributed by atoms with Crippen LogP contribution in [0.3, 0.4) is 0 Å². The Labute approximate surface area is 126 Å². The first-order chi connectivity index (χ1) is 9.99. The number of ether oxygens (including phenoxy) is 4. The maximum Gasteiger partial charge on any atom is 0.328 e. The number of nitrogens with one attached hydrogen (secondary N) is 1. The lowest BCUT2D eigenvalue weighted by Gasteiger charge is -2.14. The molecule has 1 atom stereocenters. The molecule has 0 spiro atoms. The standard InChI is InChI=1S/C14H27NO6/c1-11(2)13(16)15-12(3)14(17)21-10-9-20-8-7-19-6-5-18-4/h11-12H,5-10H2,1-4H3,(H,15,16)/t12-/m1/s1. The summed E-state index contributed by atoms with van der Waals surface area (Å²) in [6.45, 7) is 7.54. The van der Waals surface area contributed by atoms with Crippen LogP contribution in [0.25, 0.3) is 0 Å². The molecule has 0 aromatic carbocycles. The Hall–Kier alpha value is -1.18. The van der Waals surface area contributed by atoms with Gasteiger partial charge in [0.25, 0.3) is 0 Å². The van der Waals surface area contributed by atoms with Gasteiger partial charge in [0.2, 0.25) is 5.91 Å². The van der Waals surface area contributed by atoms with Gasteiger partial charge in [0.15, 0.2) is 0 Å². The summed E-state index contributed by atoms with van der Waals surface area (Å²) in [5.41, 5.74) is 0. The van der Waals surface area contributed by atoms with E-state index in [0.29, 0.717) is 33.0 Å². The van der Waals surface area contributed by atoms with Crippen molar-refractivity contribution in [2.45, 2.75) is 26.8 Å². The smallest absolute Gasteiger partial charge is 0.328 e. The topological polar surface area (TPSA) is 83.1 Å². The molecule has 0 saturated carbocycles. The monoisotopic (exact) mass is 305 g/mol. The molecule has 0 aliphatic heterocycles. The van der Waals surface area contributed by atoms with Gasteiger partial charge < -0.3 is 24.3 Å². The van der Waals surface area contributed by atoms with E-state index in [1.54, 1.807) is 27.9 Å². The largest absolute Gasteiger partial charge is 0.462 e. The minimum absolute atomic E-state index is 0.152. The van der Waals surface area contributed by atoms with Crippen LogP contribution in [-0.2, 0) is 28.5 Å². The Balaban J connectivity index is 3.51. The van der Waals surface area contributed by atoms with Crippen molar-refractivity contribution in [2.75, 3.05) is 46.8 Å². The molecular weight excluding hydrogens is 278 g/mol. The van der Waals surface area contributed by atoms with Crippen LogP contribution in [0.15, 0.2) is 0 Å². The maximum absolute atomic E-state index is 11.6. The van der Waals surface area contributed by atoms with Crippen molar-refractivity contribution in [3.05, 3.63) is 0 Å². The zero-order chi connectivity index (χ0) is 16.1. The van der Waals surface area contributed by atoms with E-state index in [2.05, 4.69) is 5.32 Å². The molecule has 0 saturated heterocycles. The van der Waals surface area contributed by atoms with E-state index in [1.165, 1.54) is 0 Å². The number of hydrogen-bond donors (Lipinski definition) is 1. The van der Waals surface area contributed by atoms with Gasteiger partial charge in [-0.15, -0.1) is 0 Å². The van der Waals surface area contributed by atoms with Crippen molar-refractivity contribution in [1.29, 1.82) is 0 Å². The minimum Gasteiger partial charge on any atom is -0.462 e. The number of carbonyl (C=O) groups is 2. The highest BCUT2D eigenvalue weighted by molar-refractivity contribution is 5.85. The highest BCUT2D eigenvalue weighted by Gasteiger charge is 2.18. The van der Waals surface area contributed by atoms with Crippen LogP contribution in [0.5, 0.6) is 0 Å². The van der Waals surface area contributed by atoms with Crippen LogP contribution in [0.1, 0.15) is 20.8 Å². The lowest BCUT2D eigenvalue weighted by molar-refractivity contribution is -0.149. The van der Waals surface area contributed by atoms with Gasteiger partial charge in [-0.25, -0.2) is 4.79 Å². The molecule has 0 unspecified atom stereocenters. The zero-order valence-electron chi connectivity index (χ0n) is 13.3. The number of carbonyl (C=O) groups excluding carboxylic acids is 2. The van der Waals surface area contributed by atoms with Crippen LogP contribution in [0.4, 0.5) is 0 Å². The van der Waals surface area contributed by atoms with Crippen molar-refractivity contribution in [1.82, 2.24) is 5.32 Å². The van der Waals surface area contributed by atoms with Gasteiger partial charge in [-0.1, -0.05) is 13.8 Å². The Morgan fingerprint density at radius 1 is 0.905 bits per heavy atom. The lowest BCUT2D eigenvalue weighted by atomic mass is 10.2. The number of methoxy groups -OCH3 is 1. The summed E-state index contributed by atoms with van der Waals surface area (Å²) in [5.74, 6) is -0.811. The van der Waals surface area contributed by atoms with Gasteiger partial charge in [-0.3, -0.25) is 4.79 Å². The third kappa shape index (κ3) is 11.2. The van der Waals surface area contributed by atoms with E-state index in [1.807, 2.05) is 0 Å². The average Bonchev–Trinajstić information content (AvgIpc) is 2.44. The van der Waals surface area contributed by atoms with Crippen LogP contribution in [-0.4, -0.2) is 64.7 Å². The van der Waals surface area contributed by atoms with Gasteiger partial charge >= 0.3 is 5.97 Å². The second kappa shape index (κ2) is 12.6. The normalized spacial score (nSPS) is 12.2. The van der Waals surface area contributed by atoms with Gasteiger partial charge in [0, 0.05) is 13.0 Å². The molecular formula is C14H27NO6. The van der Waals surface area contributed by atoms with Gasteiger partial charge in [-0.05, 0) is 6.92 Å². The second-order valence-corrected chi connectivity index (χ2v) is 4.77. The van der Waals surface area contributed by atoms with Crippen molar-refractivity contribution >= 4 is 11.9 Å². The third-order valence-electron chi connectivity index (χ3n) is 2.51. The molecule has 0 rings (SSSR count). The predicted octanol–water partition coefficient (Wildman–Crippen LogP) is 0.370. The van der Waals surface area contributed by atoms with Crippen molar-refractivity contribution in [3.63, 3.8) is 0 Å². The molecule has 1 N–H and O–H groups in total. The van der Waals surface area contributed by atoms with E-state index < -0.39 is 12.0 Å². The average molecular weight is 305 g/mol. The SMILES string of the molecule is COCCOCCOCCOC(=O)[C@@H](C)NC(=O)C(C)C. The number of hydrogen-bond acceptors (Lipinski definition) is 6. The molecule has 0 bridgehead atoms. The summed E-state index contributed by atoms with van der Waals surface area (Å²) in [5, 5.41) is 2.57. The summed E-state index contributed by atoms with van der Waals surface area (Å²) in [6.07, 6.45) is 0. The van der Waals surface area contributed by atoms with Gasteiger partial charge in [-0.2, -0.15) is 0 Å². The van der Waals surface area contributed by atoms with E-state index in [0.717, 1.165) is 0 Å². The van der Waals surface area contributed by atoms with Crippen molar-refractivity contribution in [2.24, 2.45) is 5.92 Å². The Morgan fingerprint density at radius 2 is 1.43 bits per heavy atom. The maximum atomic E-state index is 11.6. The fourth-order valence-corrected chi connectivity index (χ4v) is 1.23. The molecule has 0 radical (unpaired) electrons. The van der Waals surface area contributed by atoms with Crippen molar-refractivity contribution in [3.8, 4) is 0 Å². The van der Waals surface area contributed by atoms with Gasteiger partial charge in [0.1, 0.15) is 12.6 Å². The molecule has 7 nitrogen and oxygen atoms in total.